The summed E-state index contributed by atoms with van der Waals surface area (Å²) < 4.78 is 21.7. The summed E-state index contributed by atoms with van der Waals surface area (Å²) in [5.41, 5.74) is 2.41. The van der Waals surface area contributed by atoms with E-state index >= 15 is 0 Å². The summed E-state index contributed by atoms with van der Waals surface area (Å²) in [4.78, 5) is 10.5. The van der Waals surface area contributed by atoms with Gasteiger partial charge in [-0.3, -0.25) is 4.79 Å². The number of hydrogen-bond acceptors (Lipinski definition) is 8. The number of benzene rings is 2. The summed E-state index contributed by atoms with van der Waals surface area (Å²) in [5.74, 6) is 0.781. The number of ether oxygens (including phenoxy) is 4. The molecule has 9 heteroatoms. The largest absolute Gasteiger partial charge is 0.488 e. The Bertz CT molecular complexity index is 931. The van der Waals surface area contributed by atoms with E-state index in [-0.39, 0.29) is 19.2 Å². The lowest BCUT2D eigenvalue weighted by molar-refractivity contribution is -0.233. The number of halogens is 1. The van der Waals surface area contributed by atoms with Crippen molar-refractivity contribution < 1.29 is 39.1 Å². The van der Waals surface area contributed by atoms with Gasteiger partial charge in [0.05, 0.1) is 13.2 Å². The highest BCUT2D eigenvalue weighted by atomic mass is 35.5. The van der Waals surface area contributed by atoms with Crippen LogP contribution >= 0.6 is 11.6 Å². The molecule has 2 aliphatic heterocycles. The van der Waals surface area contributed by atoms with E-state index < -0.39 is 30.5 Å². The molecule has 0 bridgehead atoms. The van der Waals surface area contributed by atoms with Gasteiger partial charge in [-0.2, -0.15) is 0 Å². The standard InChI is InChI=1S/C24H27ClO8/c25-19-6-3-15(24-23(29)22(28)21(27)20(33-24)12-31-13-26)10-16(19)9-14-1-4-17(5-2-14)32-18-7-8-30-11-18/h1-6,10,13,18,20-24,27-29H,7-9,11-12H2/t18-,20+,21+,22-,23+,24-/m0/s1. The number of hydrogen-bond donors (Lipinski definition) is 3. The lowest BCUT2D eigenvalue weighted by Gasteiger charge is -2.40. The van der Waals surface area contributed by atoms with Gasteiger partial charge in [-0.05, 0) is 41.3 Å². The SMILES string of the molecule is O=COC[C@H]1O[C@@H](c2ccc(Cl)c(Cc3ccc(O[C@H]4CCOC4)cc3)c2)[C@H](O)[C@@H](O)[C@@H]1O. The van der Waals surface area contributed by atoms with Gasteiger partial charge in [-0.1, -0.05) is 35.9 Å². The van der Waals surface area contributed by atoms with Crippen LogP contribution in [0.4, 0.5) is 0 Å². The van der Waals surface area contributed by atoms with Crippen molar-refractivity contribution in [2.45, 2.75) is 49.5 Å². The Morgan fingerprint density at radius 1 is 1.06 bits per heavy atom. The van der Waals surface area contributed by atoms with Crippen molar-refractivity contribution in [1.82, 2.24) is 0 Å². The second-order valence-corrected chi connectivity index (χ2v) is 8.68. The van der Waals surface area contributed by atoms with Gasteiger partial charge in [0.15, 0.2) is 0 Å². The van der Waals surface area contributed by atoms with Gasteiger partial charge in [0.1, 0.15) is 49.0 Å². The van der Waals surface area contributed by atoms with Crippen molar-refractivity contribution >= 4 is 18.1 Å². The van der Waals surface area contributed by atoms with Crippen LogP contribution in [0.25, 0.3) is 0 Å². The smallest absolute Gasteiger partial charge is 0.293 e. The molecule has 0 saturated carbocycles. The molecule has 3 N–H and O–H groups in total. The minimum absolute atomic E-state index is 0.0820. The highest BCUT2D eigenvalue weighted by Crippen LogP contribution is 2.34. The summed E-state index contributed by atoms with van der Waals surface area (Å²) in [6, 6.07) is 13.0. The molecule has 0 unspecified atom stereocenters. The van der Waals surface area contributed by atoms with Gasteiger partial charge in [0.2, 0.25) is 0 Å². The van der Waals surface area contributed by atoms with Crippen LogP contribution in [0, 0.1) is 0 Å². The molecule has 2 aliphatic rings. The minimum atomic E-state index is -1.46. The predicted molar refractivity (Wildman–Crippen MR) is 118 cm³/mol. The van der Waals surface area contributed by atoms with Gasteiger partial charge in [0.25, 0.3) is 6.47 Å². The molecule has 0 aromatic heterocycles. The zero-order valence-electron chi connectivity index (χ0n) is 17.9. The first-order valence-corrected chi connectivity index (χ1v) is 11.2. The molecule has 178 valence electrons. The maximum Gasteiger partial charge on any atom is 0.293 e. The Hall–Kier alpha value is -2.20. The van der Waals surface area contributed by atoms with Crippen LogP contribution in [0.1, 0.15) is 29.2 Å². The van der Waals surface area contributed by atoms with E-state index in [1.54, 1.807) is 18.2 Å². The van der Waals surface area contributed by atoms with Crippen LogP contribution in [-0.4, -0.2) is 72.1 Å². The molecular formula is C24H27ClO8. The minimum Gasteiger partial charge on any atom is -0.488 e. The molecule has 6 atom stereocenters. The van der Waals surface area contributed by atoms with Crippen LogP contribution < -0.4 is 4.74 Å². The average molecular weight is 479 g/mol. The predicted octanol–water partition coefficient (Wildman–Crippen LogP) is 1.79. The molecule has 2 fully saturated rings. The molecule has 33 heavy (non-hydrogen) atoms. The Morgan fingerprint density at radius 3 is 2.55 bits per heavy atom. The van der Waals surface area contributed by atoms with Crippen LogP contribution in [0.15, 0.2) is 42.5 Å². The molecule has 4 rings (SSSR count). The molecule has 8 nitrogen and oxygen atoms in total. The third-order valence-corrected chi connectivity index (χ3v) is 6.32. The first-order chi connectivity index (χ1) is 16.0. The van der Waals surface area contributed by atoms with Crippen molar-refractivity contribution in [3.63, 3.8) is 0 Å². The fourth-order valence-corrected chi connectivity index (χ4v) is 4.29. The van der Waals surface area contributed by atoms with Gasteiger partial charge in [-0.15, -0.1) is 0 Å². The van der Waals surface area contributed by atoms with Crippen molar-refractivity contribution in [3.8, 4) is 5.75 Å². The van der Waals surface area contributed by atoms with E-state index in [4.69, 9.17) is 25.8 Å². The molecule has 0 amide bonds. The van der Waals surface area contributed by atoms with E-state index in [0.29, 0.717) is 23.6 Å². The Balaban J connectivity index is 1.48. The molecule has 2 saturated heterocycles. The zero-order chi connectivity index (χ0) is 23.4. The molecule has 2 heterocycles. The van der Waals surface area contributed by atoms with Gasteiger partial charge in [-0.25, -0.2) is 0 Å². The van der Waals surface area contributed by atoms with Crippen LogP contribution in [-0.2, 0) is 25.4 Å². The van der Waals surface area contributed by atoms with E-state index in [0.717, 1.165) is 29.9 Å². The molecule has 0 radical (unpaired) electrons. The quantitative estimate of drug-likeness (QED) is 0.492. The van der Waals surface area contributed by atoms with Gasteiger partial charge < -0.3 is 34.3 Å². The lowest BCUT2D eigenvalue weighted by Crippen LogP contribution is -2.55. The normalized spacial score (nSPS) is 29.6. The number of aliphatic hydroxyl groups excluding tert-OH is 3. The Labute approximate surface area is 196 Å². The van der Waals surface area contributed by atoms with E-state index in [9.17, 15) is 20.1 Å². The number of carbonyl (C=O) groups excluding carboxylic acids is 1. The van der Waals surface area contributed by atoms with Crippen molar-refractivity contribution in [3.05, 3.63) is 64.2 Å². The van der Waals surface area contributed by atoms with Crippen LogP contribution in [0.2, 0.25) is 5.02 Å². The molecule has 0 aliphatic carbocycles. The second-order valence-electron chi connectivity index (χ2n) is 8.27. The molecular weight excluding hydrogens is 452 g/mol. The van der Waals surface area contributed by atoms with Crippen LogP contribution in [0.3, 0.4) is 0 Å². The highest BCUT2D eigenvalue weighted by molar-refractivity contribution is 6.31. The van der Waals surface area contributed by atoms with Crippen molar-refractivity contribution in [1.29, 1.82) is 0 Å². The first-order valence-electron chi connectivity index (χ1n) is 10.8. The third kappa shape index (κ3) is 5.66. The topological polar surface area (TPSA) is 115 Å². The first kappa shape index (κ1) is 23.9. The van der Waals surface area contributed by atoms with Crippen molar-refractivity contribution in [2.24, 2.45) is 0 Å². The fraction of sp³-hybridized carbons (Fsp3) is 0.458. The summed E-state index contributed by atoms with van der Waals surface area (Å²) in [7, 11) is 0. The van der Waals surface area contributed by atoms with Gasteiger partial charge >= 0.3 is 0 Å². The van der Waals surface area contributed by atoms with Gasteiger partial charge in [0, 0.05) is 11.4 Å². The summed E-state index contributed by atoms with van der Waals surface area (Å²) in [5, 5.41) is 31.5. The summed E-state index contributed by atoms with van der Waals surface area (Å²) in [6.07, 6.45) is -4.62. The number of aliphatic hydroxyl groups is 3. The highest BCUT2D eigenvalue weighted by Gasteiger charge is 2.44. The summed E-state index contributed by atoms with van der Waals surface area (Å²) in [6.45, 7) is 1.32. The average Bonchev–Trinajstić information content (AvgIpc) is 3.33. The zero-order valence-corrected chi connectivity index (χ0v) is 18.6. The number of rotatable bonds is 8. The van der Waals surface area contributed by atoms with E-state index in [1.165, 1.54) is 0 Å². The van der Waals surface area contributed by atoms with Crippen molar-refractivity contribution in [2.75, 3.05) is 19.8 Å². The Kier molecular flexibility index (Phi) is 7.85. The molecule has 2 aromatic rings. The fourth-order valence-electron chi connectivity index (χ4n) is 4.11. The molecule has 2 aromatic carbocycles. The maximum atomic E-state index is 10.5. The monoisotopic (exact) mass is 478 g/mol. The van der Waals surface area contributed by atoms with E-state index in [1.807, 2.05) is 24.3 Å². The third-order valence-electron chi connectivity index (χ3n) is 5.95. The summed E-state index contributed by atoms with van der Waals surface area (Å²) >= 11 is 6.42. The lowest BCUT2D eigenvalue weighted by atomic mass is 9.90. The molecule has 0 spiro atoms. The maximum absolute atomic E-state index is 10.5. The van der Waals surface area contributed by atoms with E-state index in [2.05, 4.69) is 4.74 Å². The van der Waals surface area contributed by atoms with Crippen LogP contribution in [0.5, 0.6) is 5.75 Å². The number of carbonyl (C=O) groups is 1. The Morgan fingerprint density at radius 2 is 1.85 bits per heavy atom. The second kappa shape index (κ2) is 10.8.